The van der Waals surface area contributed by atoms with Crippen molar-refractivity contribution in [3.8, 4) is 0 Å². The second-order valence-electron chi connectivity index (χ2n) is 6.60. The summed E-state index contributed by atoms with van der Waals surface area (Å²) in [5, 5.41) is 0. The molecule has 1 aromatic rings. The minimum atomic E-state index is -0.336. The Balaban J connectivity index is 3.47. The van der Waals surface area contributed by atoms with Crippen molar-refractivity contribution in [3.63, 3.8) is 0 Å². The molecule has 0 aliphatic rings. The standard InChI is InChI=1S/C17H27NO/c1-7-16(3,4)12-9-10-13(15(18)19)14(11-12)17(5,6)8-2/h9-11H,7-8H2,1-6H3,(H2,18,19). The molecule has 106 valence electrons. The summed E-state index contributed by atoms with van der Waals surface area (Å²) in [4.78, 5) is 11.6. The van der Waals surface area contributed by atoms with E-state index in [0.717, 1.165) is 18.4 Å². The molecule has 1 rings (SSSR count). The summed E-state index contributed by atoms with van der Waals surface area (Å²) in [6.45, 7) is 13.1. The van der Waals surface area contributed by atoms with E-state index in [1.165, 1.54) is 5.56 Å². The van der Waals surface area contributed by atoms with Crippen molar-refractivity contribution in [1.29, 1.82) is 0 Å². The van der Waals surface area contributed by atoms with E-state index in [1.807, 2.05) is 12.1 Å². The highest BCUT2D eigenvalue weighted by molar-refractivity contribution is 5.94. The minimum Gasteiger partial charge on any atom is -0.366 e. The second kappa shape index (κ2) is 5.36. The van der Waals surface area contributed by atoms with Crippen molar-refractivity contribution in [3.05, 3.63) is 34.9 Å². The predicted octanol–water partition coefficient (Wildman–Crippen LogP) is 4.16. The SMILES string of the molecule is CCC(C)(C)c1ccc(C(N)=O)c(C(C)(C)CC)c1. The normalized spacial score (nSPS) is 12.5. The monoisotopic (exact) mass is 261 g/mol. The topological polar surface area (TPSA) is 43.1 Å². The molecular formula is C17H27NO. The minimum absolute atomic E-state index is 0.0375. The lowest BCUT2D eigenvalue weighted by Gasteiger charge is -2.30. The van der Waals surface area contributed by atoms with Crippen LogP contribution in [0.25, 0.3) is 0 Å². The molecule has 1 amide bonds. The van der Waals surface area contributed by atoms with Crippen LogP contribution >= 0.6 is 0 Å². The van der Waals surface area contributed by atoms with Crippen LogP contribution in [0.1, 0.15) is 75.9 Å². The lowest BCUT2D eigenvalue weighted by molar-refractivity contribution is 0.0998. The number of rotatable bonds is 5. The van der Waals surface area contributed by atoms with Gasteiger partial charge in [0.2, 0.25) is 5.91 Å². The lowest BCUT2D eigenvalue weighted by Crippen LogP contribution is -2.25. The first kappa shape index (κ1) is 15.7. The molecule has 0 spiro atoms. The third kappa shape index (κ3) is 3.17. The van der Waals surface area contributed by atoms with Gasteiger partial charge in [0.15, 0.2) is 0 Å². The van der Waals surface area contributed by atoms with Gasteiger partial charge in [-0.25, -0.2) is 0 Å². The zero-order chi connectivity index (χ0) is 14.8. The van der Waals surface area contributed by atoms with Crippen molar-refractivity contribution < 1.29 is 4.79 Å². The molecule has 0 aromatic heterocycles. The van der Waals surface area contributed by atoms with Crippen molar-refractivity contribution in [2.45, 2.75) is 65.2 Å². The Morgan fingerprint density at radius 1 is 1.05 bits per heavy atom. The molecule has 0 aliphatic heterocycles. The molecule has 2 heteroatoms. The second-order valence-corrected chi connectivity index (χ2v) is 6.60. The highest BCUT2D eigenvalue weighted by atomic mass is 16.1. The van der Waals surface area contributed by atoms with E-state index in [2.05, 4.69) is 47.6 Å². The van der Waals surface area contributed by atoms with Gasteiger partial charge in [-0.2, -0.15) is 0 Å². The predicted molar refractivity (Wildman–Crippen MR) is 81.6 cm³/mol. The number of amides is 1. The summed E-state index contributed by atoms with van der Waals surface area (Å²) >= 11 is 0. The fourth-order valence-corrected chi connectivity index (χ4v) is 2.13. The molecular weight excluding hydrogens is 234 g/mol. The number of nitrogens with two attached hydrogens (primary N) is 1. The fraction of sp³-hybridized carbons (Fsp3) is 0.588. The summed E-state index contributed by atoms with van der Waals surface area (Å²) in [7, 11) is 0. The average molecular weight is 261 g/mol. The van der Waals surface area contributed by atoms with E-state index in [9.17, 15) is 4.79 Å². The number of carbonyl (C=O) groups is 1. The van der Waals surface area contributed by atoms with Gasteiger partial charge in [0.05, 0.1) is 0 Å². The van der Waals surface area contributed by atoms with Crippen LogP contribution in [0.5, 0.6) is 0 Å². The zero-order valence-electron chi connectivity index (χ0n) is 13.1. The molecule has 0 saturated carbocycles. The molecule has 0 bridgehead atoms. The Kier molecular flexibility index (Phi) is 4.44. The summed E-state index contributed by atoms with van der Waals surface area (Å²) in [6, 6.07) is 6.10. The molecule has 19 heavy (non-hydrogen) atoms. The highest BCUT2D eigenvalue weighted by Gasteiger charge is 2.27. The molecule has 0 radical (unpaired) electrons. The van der Waals surface area contributed by atoms with Gasteiger partial charge in [-0.3, -0.25) is 4.79 Å². The van der Waals surface area contributed by atoms with E-state index in [0.29, 0.717) is 5.56 Å². The Labute approximate surface area is 117 Å². The van der Waals surface area contributed by atoms with Gasteiger partial charge < -0.3 is 5.73 Å². The largest absolute Gasteiger partial charge is 0.366 e. The Morgan fingerprint density at radius 2 is 1.58 bits per heavy atom. The maximum absolute atomic E-state index is 11.6. The van der Waals surface area contributed by atoms with Gasteiger partial charge in [-0.1, -0.05) is 53.7 Å². The highest BCUT2D eigenvalue weighted by Crippen LogP contribution is 2.34. The molecule has 0 heterocycles. The van der Waals surface area contributed by atoms with Crippen LogP contribution in [-0.2, 0) is 10.8 Å². The average Bonchev–Trinajstić information content (AvgIpc) is 2.37. The molecule has 0 saturated heterocycles. The van der Waals surface area contributed by atoms with Gasteiger partial charge in [-0.15, -0.1) is 0 Å². The maximum atomic E-state index is 11.6. The van der Waals surface area contributed by atoms with Crippen molar-refractivity contribution in [2.24, 2.45) is 5.73 Å². The van der Waals surface area contributed by atoms with Crippen molar-refractivity contribution in [2.75, 3.05) is 0 Å². The molecule has 0 aliphatic carbocycles. The maximum Gasteiger partial charge on any atom is 0.248 e. The Morgan fingerprint density at radius 3 is 2.00 bits per heavy atom. The molecule has 2 N–H and O–H groups in total. The van der Waals surface area contributed by atoms with E-state index in [1.54, 1.807) is 0 Å². The van der Waals surface area contributed by atoms with Crippen LogP contribution in [0.2, 0.25) is 0 Å². The molecule has 0 fully saturated rings. The summed E-state index contributed by atoms with van der Waals surface area (Å²) < 4.78 is 0. The Hall–Kier alpha value is -1.31. The summed E-state index contributed by atoms with van der Waals surface area (Å²) in [5.41, 5.74) is 8.60. The summed E-state index contributed by atoms with van der Waals surface area (Å²) in [5.74, 6) is -0.336. The van der Waals surface area contributed by atoms with Gasteiger partial charge >= 0.3 is 0 Å². The van der Waals surface area contributed by atoms with E-state index in [-0.39, 0.29) is 16.7 Å². The van der Waals surface area contributed by atoms with Gasteiger partial charge in [-0.05, 0) is 40.9 Å². The van der Waals surface area contributed by atoms with Crippen LogP contribution in [0.15, 0.2) is 18.2 Å². The van der Waals surface area contributed by atoms with E-state index >= 15 is 0 Å². The molecule has 2 nitrogen and oxygen atoms in total. The van der Waals surface area contributed by atoms with Crippen molar-refractivity contribution >= 4 is 5.91 Å². The Bertz CT molecular complexity index is 472. The fourth-order valence-electron chi connectivity index (χ4n) is 2.13. The van der Waals surface area contributed by atoms with Crippen LogP contribution in [0.3, 0.4) is 0 Å². The lowest BCUT2D eigenvalue weighted by atomic mass is 9.75. The first-order valence-corrected chi connectivity index (χ1v) is 7.10. The quantitative estimate of drug-likeness (QED) is 0.849. The van der Waals surface area contributed by atoms with Crippen molar-refractivity contribution in [1.82, 2.24) is 0 Å². The number of hydrogen-bond donors (Lipinski definition) is 1. The van der Waals surface area contributed by atoms with Crippen LogP contribution in [-0.4, -0.2) is 5.91 Å². The summed E-state index contributed by atoms with van der Waals surface area (Å²) in [6.07, 6.45) is 2.04. The van der Waals surface area contributed by atoms with Gasteiger partial charge in [0, 0.05) is 5.56 Å². The third-order valence-corrected chi connectivity index (χ3v) is 4.56. The number of carbonyl (C=O) groups excluding carboxylic acids is 1. The van der Waals surface area contributed by atoms with E-state index in [4.69, 9.17) is 5.73 Å². The molecule has 0 atom stereocenters. The number of primary amides is 1. The number of benzene rings is 1. The van der Waals surface area contributed by atoms with Crippen LogP contribution in [0, 0.1) is 0 Å². The van der Waals surface area contributed by atoms with Gasteiger partial charge in [0.25, 0.3) is 0 Å². The number of hydrogen-bond acceptors (Lipinski definition) is 1. The zero-order valence-corrected chi connectivity index (χ0v) is 13.1. The molecule has 1 aromatic carbocycles. The first-order valence-electron chi connectivity index (χ1n) is 7.10. The molecule has 0 unspecified atom stereocenters. The third-order valence-electron chi connectivity index (χ3n) is 4.56. The smallest absolute Gasteiger partial charge is 0.248 e. The first-order chi connectivity index (χ1) is 8.65. The van der Waals surface area contributed by atoms with E-state index < -0.39 is 0 Å². The van der Waals surface area contributed by atoms with Crippen LogP contribution in [0.4, 0.5) is 0 Å². The van der Waals surface area contributed by atoms with Gasteiger partial charge in [0.1, 0.15) is 0 Å². The van der Waals surface area contributed by atoms with Crippen LogP contribution < -0.4 is 5.73 Å².